The van der Waals surface area contributed by atoms with Crippen LogP contribution >= 0.6 is 0 Å². The van der Waals surface area contributed by atoms with Gasteiger partial charge in [-0.15, -0.1) is 0 Å². The Kier molecular flexibility index (Phi) is 4.73. The van der Waals surface area contributed by atoms with Gasteiger partial charge in [0.1, 0.15) is 6.04 Å². The standard InChI is InChI=1S/C10H15N3O2/c11-9(7-14)10(15)13-6-3-8-1-4-12-5-2-8/h1-2,4-5,9,14H,3,6-7,11H2,(H,13,15). The van der Waals surface area contributed by atoms with E-state index in [0.29, 0.717) is 6.54 Å². The lowest BCUT2D eigenvalue weighted by atomic mass is 10.2. The molecule has 1 amide bonds. The van der Waals surface area contributed by atoms with Crippen molar-refractivity contribution in [3.05, 3.63) is 30.1 Å². The van der Waals surface area contributed by atoms with Crippen LogP contribution in [0.25, 0.3) is 0 Å². The molecule has 0 spiro atoms. The molecule has 1 unspecified atom stereocenters. The fourth-order valence-corrected chi connectivity index (χ4v) is 1.09. The number of hydrogen-bond acceptors (Lipinski definition) is 4. The maximum Gasteiger partial charge on any atom is 0.239 e. The molecule has 0 aliphatic heterocycles. The topological polar surface area (TPSA) is 88.2 Å². The molecular formula is C10H15N3O2. The summed E-state index contributed by atoms with van der Waals surface area (Å²) in [5.74, 6) is -0.327. The quantitative estimate of drug-likeness (QED) is 0.584. The van der Waals surface area contributed by atoms with Crippen molar-refractivity contribution >= 4 is 5.91 Å². The summed E-state index contributed by atoms with van der Waals surface area (Å²) in [7, 11) is 0. The molecule has 1 heterocycles. The van der Waals surface area contributed by atoms with E-state index in [1.807, 2.05) is 12.1 Å². The first-order valence-electron chi connectivity index (χ1n) is 4.77. The van der Waals surface area contributed by atoms with Crippen molar-refractivity contribution < 1.29 is 9.90 Å². The van der Waals surface area contributed by atoms with Crippen LogP contribution in [0.15, 0.2) is 24.5 Å². The van der Waals surface area contributed by atoms with Gasteiger partial charge >= 0.3 is 0 Å². The maximum atomic E-state index is 11.2. The third kappa shape index (κ3) is 4.05. The zero-order chi connectivity index (χ0) is 11.1. The number of aromatic nitrogens is 1. The Bertz CT molecular complexity index is 303. The van der Waals surface area contributed by atoms with Gasteiger partial charge in [0.2, 0.25) is 5.91 Å². The molecule has 0 aromatic carbocycles. The van der Waals surface area contributed by atoms with E-state index in [1.165, 1.54) is 0 Å². The number of hydrogen-bond donors (Lipinski definition) is 3. The first kappa shape index (κ1) is 11.6. The molecule has 0 saturated heterocycles. The minimum absolute atomic E-state index is 0.327. The van der Waals surface area contributed by atoms with Crippen molar-refractivity contribution in [1.82, 2.24) is 10.3 Å². The number of carbonyl (C=O) groups is 1. The summed E-state index contributed by atoms with van der Waals surface area (Å²) >= 11 is 0. The second kappa shape index (κ2) is 6.10. The van der Waals surface area contributed by atoms with Gasteiger partial charge in [-0.1, -0.05) is 0 Å². The highest BCUT2D eigenvalue weighted by molar-refractivity contribution is 5.81. The number of aliphatic hydroxyl groups excluding tert-OH is 1. The minimum Gasteiger partial charge on any atom is -0.394 e. The fraction of sp³-hybridized carbons (Fsp3) is 0.400. The average molecular weight is 209 g/mol. The second-order valence-electron chi connectivity index (χ2n) is 3.19. The molecule has 1 aromatic heterocycles. The highest BCUT2D eigenvalue weighted by atomic mass is 16.3. The van der Waals surface area contributed by atoms with Gasteiger partial charge in [-0.3, -0.25) is 9.78 Å². The van der Waals surface area contributed by atoms with Crippen LogP contribution in [0.1, 0.15) is 5.56 Å². The van der Waals surface area contributed by atoms with Gasteiger partial charge in [0.25, 0.3) is 0 Å². The summed E-state index contributed by atoms with van der Waals surface area (Å²) in [4.78, 5) is 15.0. The average Bonchev–Trinajstić information content (AvgIpc) is 2.29. The highest BCUT2D eigenvalue weighted by Crippen LogP contribution is 1.95. The number of carbonyl (C=O) groups excluding carboxylic acids is 1. The summed E-state index contributed by atoms with van der Waals surface area (Å²) in [6, 6.07) is 2.94. The first-order chi connectivity index (χ1) is 7.24. The molecule has 0 bridgehead atoms. The van der Waals surface area contributed by atoms with E-state index in [1.54, 1.807) is 12.4 Å². The number of nitrogens with two attached hydrogens (primary N) is 1. The van der Waals surface area contributed by atoms with Crippen LogP contribution in [-0.2, 0) is 11.2 Å². The molecule has 0 aliphatic rings. The van der Waals surface area contributed by atoms with Crippen LogP contribution in [-0.4, -0.2) is 35.2 Å². The Labute approximate surface area is 88.3 Å². The summed E-state index contributed by atoms with van der Waals surface area (Å²) in [5, 5.41) is 11.3. The van der Waals surface area contributed by atoms with Gasteiger partial charge in [0.05, 0.1) is 6.61 Å². The highest BCUT2D eigenvalue weighted by Gasteiger charge is 2.10. The largest absolute Gasteiger partial charge is 0.394 e. The van der Waals surface area contributed by atoms with Gasteiger partial charge in [0, 0.05) is 18.9 Å². The predicted molar refractivity (Wildman–Crippen MR) is 56.0 cm³/mol. The first-order valence-corrected chi connectivity index (χ1v) is 4.77. The summed E-state index contributed by atoms with van der Waals surface area (Å²) in [5.41, 5.74) is 6.42. The zero-order valence-electron chi connectivity index (χ0n) is 8.39. The molecule has 1 rings (SSSR count). The van der Waals surface area contributed by atoms with Crippen molar-refractivity contribution in [2.75, 3.05) is 13.2 Å². The van der Waals surface area contributed by atoms with Crippen LogP contribution in [0.2, 0.25) is 0 Å². The van der Waals surface area contributed by atoms with Crippen LogP contribution in [0.5, 0.6) is 0 Å². The molecule has 0 saturated carbocycles. The third-order valence-electron chi connectivity index (χ3n) is 2.00. The van der Waals surface area contributed by atoms with E-state index in [2.05, 4.69) is 10.3 Å². The van der Waals surface area contributed by atoms with Crippen molar-refractivity contribution in [1.29, 1.82) is 0 Å². The Morgan fingerprint density at radius 1 is 1.53 bits per heavy atom. The Hall–Kier alpha value is -1.46. The number of aliphatic hydroxyl groups is 1. The summed E-state index contributed by atoms with van der Waals surface area (Å²) in [6.07, 6.45) is 4.14. The lowest BCUT2D eigenvalue weighted by Gasteiger charge is -2.09. The molecule has 1 aromatic rings. The summed E-state index contributed by atoms with van der Waals surface area (Å²) in [6.45, 7) is 0.178. The van der Waals surface area contributed by atoms with E-state index >= 15 is 0 Å². The normalized spacial score (nSPS) is 12.1. The maximum absolute atomic E-state index is 11.2. The Morgan fingerprint density at radius 2 is 2.20 bits per heavy atom. The molecule has 4 N–H and O–H groups in total. The van der Waals surface area contributed by atoms with Crippen LogP contribution in [0.4, 0.5) is 0 Å². The third-order valence-corrected chi connectivity index (χ3v) is 2.00. The zero-order valence-corrected chi connectivity index (χ0v) is 8.39. The van der Waals surface area contributed by atoms with E-state index in [9.17, 15) is 4.79 Å². The number of nitrogens with zero attached hydrogens (tertiary/aromatic N) is 1. The van der Waals surface area contributed by atoms with Gasteiger partial charge < -0.3 is 16.2 Å². The molecule has 1 atom stereocenters. The van der Waals surface area contributed by atoms with E-state index < -0.39 is 6.04 Å². The smallest absolute Gasteiger partial charge is 0.239 e. The minimum atomic E-state index is -0.831. The SMILES string of the molecule is NC(CO)C(=O)NCCc1ccncc1. The van der Waals surface area contributed by atoms with Gasteiger partial charge in [-0.05, 0) is 24.1 Å². The monoisotopic (exact) mass is 209 g/mol. The number of amides is 1. The van der Waals surface area contributed by atoms with Gasteiger partial charge in [0.15, 0.2) is 0 Å². The van der Waals surface area contributed by atoms with E-state index in [4.69, 9.17) is 10.8 Å². The molecule has 82 valence electrons. The van der Waals surface area contributed by atoms with Crippen LogP contribution in [0.3, 0.4) is 0 Å². The van der Waals surface area contributed by atoms with Crippen LogP contribution in [0, 0.1) is 0 Å². The van der Waals surface area contributed by atoms with Crippen molar-refractivity contribution in [2.24, 2.45) is 5.73 Å². The van der Waals surface area contributed by atoms with Crippen molar-refractivity contribution in [3.8, 4) is 0 Å². The van der Waals surface area contributed by atoms with Gasteiger partial charge in [-0.25, -0.2) is 0 Å². The van der Waals surface area contributed by atoms with Crippen molar-refractivity contribution in [2.45, 2.75) is 12.5 Å². The van der Waals surface area contributed by atoms with Crippen LogP contribution < -0.4 is 11.1 Å². The van der Waals surface area contributed by atoms with Gasteiger partial charge in [-0.2, -0.15) is 0 Å². The van der Waals surface area contributed by atoms with E-state index in [-0.39, 0.29) is 12.5 Å². The molecule has 0 aliphatic carbocycles. The second-order valence-corrected chi connectivity index (χ2v) is 3.19. The van der Waals surface area contributed by atoms with E-state index in [0.717, 1.165) is 12.0 Å². The fourth-order valence-electron chi connectivity index (χ4n) is 1.09. The molecule has 5 heteroatoms. The number of rotatable bonds is 5. The lowest BCUT2D eigenvalue weighted by Crippen LogP contribution is -2.43. The predicted octanol–water partition coefficient (Wildman–Crippen LogP) is -0.940. The number of nitrogens with one attached hydrogen (secondary N) is 1. The van der Waals surface area contributed by atoms with Crippen molar-refractivity contribution in [3.63, 3.8) is 0 Å². The molecule has 15 heavy (non-hydrogen) atoms. The Balaban J connectivity index is 2.25. The molecule has 5 nitrogen and oxygen atoms in total. The molecule has 0 fully saturated rings. The number of pyridine rings is 1. The molecular weight excluding hydrogens is 194 g/mol. The lowest BCUT2D eigenvalue weighted by molar-refractivity contribution is -0.123. The Morgan fingerprint density at radius 3 is 2.80 bits per heavy atom. The summed E-state index contributed by atoms with van der Waals surface area (Å²) < 4.78 is 0. The molecule has 0 radical (unpaired) electrons.